The largest absolute Gasteiger partial charge is 0.493 e. The van der Waals surface area contributed by atoms with E-state index in [1.165, 1.54) is 74.9 Å². The average molecular weight is 638 g/mol. The highest BCUT2D eigenvalue weighted by molar-refractivity contribution is 7.93. The molecule has 0 saturated carbocycles. The first kappa shape index (κ1) is 31.0. The van der Waals surface area contributed by atoms with Crippen molar-refractivity contribution in [2.24, 2.45) is 0 Å². The summed E-state index contributed by atoms with van der Waals surface area (Å²) in [6.45, 7) is 1.66. The van der Waals surface area contributed by atoms with E-state index >= 15 is 0 Å². The van der Waals surface area contributed by atoms with Crippen LogP contribution in [0.25, 0.3) is 6.08 Å². The second-order valence-electron chi connectivity index (χ2n) is 8.93. The topological polar surface area (TPSA) is 161 Å². The molecular weight excluding hydrogens is 610 g/mol. The number of aliphatic carboxylic acids is 1. The zero-order valence-corrected chi connectivity index (χ0v) is 24.9. The molecule has 0 atom stereocenters. The highest BCUT2D eigenvalue weighted by Crippen LogP contribution is 2.38. The van der Waals surface area contributed by atoms with Crippen molar-refractivity contribution < 1.29 is 40.9 Å². The van der Waals surface area contributed by atoms with Gasteiger partial charge in [0.05, 0.1) is 38.8 Å². The number of rotatable bonds is 11. The molecule has 0 bridgehead atoms. The Morgan fingerprint density at radius 3 is 2.14 bits per heavy atom. The number of nitrogens with zero attached hydrogens (tertiary/aromatic N) is 1. The third kappa shape index (κ3) is 7.26. The number of halogens is 1. The molecule has 1 aliphatic heterocycles. The van der Waals surface area contributed by atoms with E-state index in [1.807, 2.05) is 4.90 Å². The van der Waals surface area contributed by atoms with Gasteiger partial charge in [-0.2, -0.15) is 0 Å². The first-order chi connectivity index (χ1) is 19.9. The summed E-state index contributed by atoms with van der Waals surface area (Å²) in [5.41, 5.74) is 0.800. The number of ether oxygens (including phenoxy) is 3. The lowest BCUT2D eigenvalue weighted by Crippen LogP contribution is -2.37. The number of carboxylic acids is 1. The lowest BCUT2D eigenvalue weighted by atomic mass is 10.2. The molecule has 224 valence electrons. The van der Waals surface area contributed by atoms with Gasteiger partial charge in [0.1, 0.15) is 9.79 Å². The molecular formula is C27H28ClN3O9S2. The summed E-state index contributed by atoms with van der Waals surface area (Å²) in [6.07, 6.45) is 2.05. The number of anilines is 3. The summed E-state index contributed by atoms with van der Waals surface area (Å²) in [4.78, 5) is 12.3. The molecule has 0 aromatic heterocycles. The van der Waals surface area contributed by atoms with Gasteiger partial charge in [0.2, 0.25) is 0 Å². The van der Waals surface area contributed by atoms with E-state index in [2.05, 4.69) is 9.44 Å². The Balaban J connectivity index is 1.78. The first-order valence-corrected chi connectivity index (χ1v) is 15.7. The summed E-state index contributed by atoms with van der Waals surface area (Å²) in [5.74, 6) is -1.31. The maximum absolute atomic E-state index is 13.6. The Morgan fingerprint density at radius 2 is 1.52 bits per heavy atom. The maximum Gasteiger partial charge on any atom is 0.328 e. The molecule has 3 aromatic rings. The number of methoxy groups -OCH3 is 2. The van der Waals surface area contributed by atoms with Crippen LogP contribution in [0.3, 0.4) is 0 Å². The second-order valence-corrected chi connectivity index (χ2v) is 12.7. The van der Waals surface area contributed by atoms with Crippen molar-refractivity contribution >= 4 is 60.8 Å². The summed E-state index contributed by atoms with van der Waals surface area (Å²) < 4.78 is 75.4. The van der Waals surface area contributed by atoms with Crippen molar-refractivity contribution in [2.75, 3.05) is 54.9 Å². The zero-order valence-electron chi connectivity index (χ0n) is 22.5. The van der Waals surface area contributed by atoms with E-state index in [1.54, 1.807) is 0 Å². The summed E-state index contributed by atoms with van der Waals surface area (Å²) in [7, 11) is -6.06. The van der Waals surface area contributed by atoms with E-state index in [0.717, 1.165) is 6.08 Å². The molecule has 3 aromatic carbocycles. The molecule has 3 N–H and O–H groups in total. The van der Waals surface area contributed by atoms with Gasteiger partial charge in [0.25, 0.3) is 20.0 Å². The van der Waals surface area contributed by atoms with Crippen LogP contribution in [0.5, 0.6) is 11.5 Å². The number of carboxylic acid groups (broad SMARTS) is 1. The molecule has 1 saturated heterocycles. The van der Waals surface area contributed by atoms with Crippen LogP contribution in [0.4, 0.5) is 17.1 Å². The highest BCUT2D eigenvalue weighted by Gasteiger charge is 2.28. The summed E-state index contributed by atoms with van der Waals surface area (Å²) >= 11 is 5.93. The predicted molar refractivity (Wildman–Crippen MR) is 159 cm³/mol. The van der Waals surface area contributed by atoms with Crippen LogP contribution in [0.2, 0.25) is 5.02 Å². The smallest absolute Gasteiger partial charge is 0.328 e. The van der Waals surface area contributed by atoms with Crippen LogP contribution in [-0.4, -0.2) is 68.4 Å². The van der Waals surface area contributed by atoms with Gasteiger partial charge in [-0.05, 0) is 66.2 Å². The van der Waals surface area contributed by atoms with Crippen molar-refractivity contribution in [1.29, 1.82) is 0 Å². The minimum Gasteiger partial charge on any atom is -0.493 e. The Morgan fingerprint density at radius 1 is 0.905 bits per heavy atom. The van der Waals surface area contributed by atoms with E-state index < -0.39 is 26.0 Å². The van der Waals surface area contributed by atoms with Gasteiger partial charge in [0.15, 0.2) is 11.5 Å². The number of hydrogen-bond donors (Lipinski definition) is 3. The van der Waals surface area contributed by atoms with E-state index in [4.69, 9.17) is 30.9 Å². The number of carbonyl (C=O) groups is 1. The molecule has 12 nitrogen and oxygen atoms in total. The van der Waals surface area contributed by atoms with Gasteiger partial charge in [-0.1, -0.05) is 11.6 Å². The van der Waals surface area contributed by atoms with Crippen LogP contribution in [0, 0.1) is 0 Å². The molecule has 0 aliphatic carbocycles. The molecule has 4 rings (SSSR count). The van der Waals surface area contributed by atoms with Crippen molar-refractivity contribution in [3.8, 4) is 11.5 Å². The number of morpholine rings is 1. The van der Waals surface area contributed by atoms with Gasteiger partial charge >= 0.3 is 5.97 Å². The van der Waals surface area contributed by atoms with Gasteiger partial charge in [0, 0.05) is 29.9 Å². The maximum atomic E-state index is 13.6. The molecule has 0 radical (unpaired) electrons. The molecule has 0 amide bonds. The fraction of sp³-hybridized carbons (Fsp3) is 0.222. The van der Waals surface area contributed by atoms with Gasteiger partial charge < -0.3 is 24.2 Å². The van der Waals surface area contributed by atoms with E-state index in [-0.39, 0.29) is 38.2 Å². The third-order valence-electron chi connectivity index (χ3n) is 6.12. The molecule has 15 heteroatoms. The Hall–Kier alpha value is -3.98. The molecule has 1 fully saturated rings. The molecule has 1 heterocycles. The van der Waals surface area contributed by atoms with Crippen LogP contribution in [-0.2, 0) is 29.6 Å². The van der Waals surface area contributed by atoms with Crippen LogP contribution in [0.15, 0.2) is 70.5 Å². The normalized spacial score (nSPS) is 14.0. The highest BCUT2D eigenvalue weighted by atomic mass is 35.5. The lowest BCUT2D eigenvalue weighted by Gasteiger charge is -2.30. The monoisotopic (exact) mass is 637 g/mol. The van der Waals surface area contributed by atoms with Gasteiger partial charge in [-0.15, -0.1) is 0 Å². The fourth-order valence-corrected chi connectivity index (χ4v) is 6.91. The average Bonchev–Trinajstić information content (AvgIpc) is 2.96. The fourth-order valence-electron chi connectivity index (χ4n) is 4.21. The Bertz CT molecular complexity index is 1710. The minimum atomic E-state index is -4.41. The van der Waals surface area contributed by atoms with Gasteiger partial charge in [-0.25, -0.2) is 21.6 Å². The minimum absolute atomic E-state index is 0.0449. The Labute approximate surface area is 248 Å². The second kappa shape index (κ2) is 12.9. The summed E-state index contributed by atoms with van der Waals surface area (Å²) in [5, 5.41) is 9.42. The predicted octanol–water partition coefficient (Wildman–Crippen LogP) is 3.89. The SMILES string of the molecule is COc1cc(C=CC(=O)O)cc(S(=O)(=O)Nc2ccc(N3CCOCC3)c(S(=O)(=O)Nc3ccc(Cl)cc3)c2)c1OC. The Kier molecular flexibility index (Phi) is 9.51. The number of benzene rings is 3. The van der Waals surface area contributed by atoms with Crippen molar-refractivity contribution in [3.05, 3.63) is 71.3 Å². The number of sulfonamides is 2. The molecule has 42 heavy (non-hydrogen) atoms. The quantitative estimate of drug-likeness (QED) is 0.263. The van der Waals surface area contributed by atoms with Crippen LogP contribution in [0.1, 0.15) is 5.56 Å². The zero-order chi connectivity index (χ0) is 30.5. The molecule has 0 spiro atoms. The number of hydrogen-bond acceptors (Lipinski definition) is 9. The van der Waals surface area contributed by atoms with E-state index in [9.17, 15) is 21.6 Å². The van der Waals surface area contributed by atoms with E-state index in [0.29, 0.717) is 37.0 Å². The van der Waals surface area contributed by atoms with Gasteiger partial charge in [-0.3, -0.25) is 9.44 Å². The van der Waals surface area contributed by atoms with Crippen molar-refractivity contribution in [2.45, 2.75) is 9.79 Å². The standard InChI is InChI=1S/C27H28ClN3O9S2/c1-38-23-15-18(3-10-26(32)33)16-25(27(23)39-2)42(36,37)30-21-8-9-22(31-11-13-40-14-12-31)24(17-21)41(34,35)29-20-6-4-19(28)5-7-20/h3-10,15-17,29-30H,11-14H2,1-2H3,(H,32,33). The third-order valence-corrected chi connectivity index (χ3v) is 9.17. The van der Waals surface area contributed by atoms with Crippen molar-refractivity contribution in [1.82, 2.24) is 0 Å². The summed E-state index contributed by atoms with van der Waals surface area (Å²) in [6, 6.07) is 12.9. The first-order valence-electron chi connectivity index (χ1n) is 12.4. The molecule has 0 unspecified atom stereocenters. The molecule has 1 aliphatic rings. The van der Waals surface area contributed by atoms with Crippen molar-refractivity contribution in [3.63, 3.8) is 0 Å². The van der Waals surface area contributed by atoms with Crippen LogP contribution >= 0.6 is 11.6 Å². The lowest BCUT2D eigenvalue weighted by molar-refractivity contribution is -0.131. The van der Waals surface area contributed by atoms with Crippen LogP contribution < -0.4 is 23.8 Å². The number of nitrogens with one attached hydrogen (secondary N) is 2.